The van der Waals surface area contributed by atoms with E-state index >= 15 is 0 Å². The molecule has 2 atom stereocenters. The molecular formula is C23H22F3NO4. The zero-order valence-corrected chi connectivity index (χ0v) is 16.7. The van der Waals surface area contributed by atoms with Crippen LogP contribution >= 0.6 is 0 Å². The third-order valence-corrected chi connectivity index (χ3v) is 5.31. The molecule has 1 fully saturated rings. The van der Waals surface area contributed by atoms with Crippen molar-refractivity contribution in [3.05, 3.63) is 77.4 Å². The van der Waals surface area contributed by atoms with Crippen molar-refractivity contribution in [1.29, 1.82) is 0 Å². The molecule has 4 rings (SSSR count). The average molecular weight is 433 g/mol. The van der Waals surface area contributed by atoms with Crippen molar-refractivity contribution in [3.8, 4) is 5.75 Å². The van der Waals surface area contributed by atoms with E-state index < -0.39 is 12.5 Å². The molecule has 0 saturated carbocycles. The van der Waals surface area contributed by atoms with Gasteiger partial charge in [0.1, 0.15) is 12.4 Å². The summed E-state index contributed by atoms with van der Waals surface area (Å²) in [6.07, 6.45) is -2.47. The Bertz CT molecular complexity index is 945. The van der Waals surface area contributed by atoms with Crippen LogP contribution in [0.2, 0.25) is 0 Å². The highest BCUT2D eigenvalue weighted by Crippen LogP contribution is 2.33. The molecule has 0 spiro atoms. The summed E-state index contributed by atoms with van der Waals surface area (Å²) in [6.45, 7) is 0.852. The molecule has 164 valence electrons. The minimum absolute atomic E-state index is 0.176. The van der Waals surface area contributed by atoms with Gasteiger partial charge in [0.2, 0.25) is 0 Å². The van der Waals surface area contributed by atoms with Crippen LogP contribution in [0.5, 0.6) is 5.75 Å². The molecule has 0 aromatic heterocycles. The number of halogens is 3. The van der Waals surface area contributed by atoms with Gasteiger partial charge in [0, 0.05) is 0 Å². The highest BCUT2D eigenvalue weighted by molar-refractivity contribution is 5.69. The zero-order valence-electron chi connectivity index (χ0n) is 16.7. The molecule has 1 amide bonds. The third-order valence-electron chi connectivity index (χ3n) is 5.31. The molecule has 2 bridgehead atoms. The number of fused-ring (bicyclic) bond motifs is 2. The first-order chi connectivity index (χ1) is 14.9. The quantitative estimate of drug-likeness (QED) is 0.632. The Labute approximate surface area is 178 Å². The van der Waals surface area contributed by atoms with Crippen molar-refractivity contribution < 1.29 is 32.2 Å². The molecule has 2 aromatic carbocycles. The van der Waals surface area contributed by atoms with Crippen molar-refractivity contribution in [1.82, 2.24) is 4.90 Å². The number of carbonyl (C=O) groups excluding carboxylic acids is 1. The Hall–Kier alpha value is -3.00. The second kappa shape index (κ2) is 9.01. The first kappa shape index (κ1) is 21.2. The number of hydrogen-bond acceptors (Lipinski definition) is 4. The Kier molecular flexibility index (Phi) is 6.18. The number of rotatable bonds is 5. The largest absolute Gasteiger partial charge is 0.573 e. The minimum atomic E-state index is -4.75. The molecular weight excluding hydrogens is 411 g/mol. The minimum Gasteiger partial charge on any atom is -0.445 e. The van der Waals surface area contributed by atoms with E-state index in [0.717, 1.165) is 11.1 Å². The molecule has 0 radical (unpaired) electrons. The highest BCUT2D eigenvalue weighted by atomic mass is 19.4. The maximum absolute atomic E-state index is 12.7. The predicted octanol–water partition coefficient (Wildman–Crippen LogP) is 4.86. The molecule has 5 nitrogen and oxygen atoms in total. The summed E-state index contributed by atoms with van der Waals surface area (Å²) in [6, 6.07) is 15.0. The second-order valence-electron chi connectivity index (χ2n) is 7.57. The standard InChI is InChI=1S/C23H22F3NO4/c24-23(25,26)31-21-9-5-4-8-18(21)10-17-11-19-14-29-15-20(12-17)27(19)22(28)30-13-16-6-2-1-3-7-16/h1-9,11,19-20H,10,12-15H2. The third kappa shape index (κ3) is 5.38. The summed E-state index contributed by atoms with van der Waals surface area (Å²) >= 11 is 0. The fraction of sp³-hybridized carbons (Fsp3) is 0.348. The van der Waals surface area contributed by atoms with E-state index in [9.17, 15) is 18.0 Å². The van der Waals surface area contributed by atoms with Gasteiger partial charge in [-0.25, -0.2) is 4.79 Å². The summed E-state index contributed by atoms with van der Waals surface area (Å²) in [4.78, 5) is 14.4. The molecule has 2 heterocycles. The number of morpholine rings is 1. The van der Waals surface area contributed by atoms with Crippen LogP contribution in [0.25, 0.3) is 0 Å². The molecule has 8 heteroatoms. The van der Waals surface area contributed by atoms with E-state index in [1.54, 1.807) is 17.0 Å². The molecule has 2 aliphatic heterocycles. The van der Waals surface area contributed by atoms with Gasteiger partial charge in [-0.15, -0.1) is 13.2 Å². The van der Waals surface area contributed by atoms with Gasteiger partial charge in [-0.1, -0.05) is 60.2 Å². The SMILES string of the molecule is O=C(OCc1ccccc1)N1C2C=C(Cc3ccccc3OC(F)(F)F)CC1COC2. The lowest BCUT2D eigenvalue weighted by Crippen LogP contribution is -2.56. The van der Waals surface area contributed by atoms with Crippen LogP contribution in [0.3, 0.4) is 0 Å². The number of para-hydroxylation sites is 1. The summed E-state index contributed by atoms with van der Waals surface area (Å²) in [5.41, 5.74) is 2.29. The summed E-state index contributed by atoms with van der Waals surface area (Å²) in [7, 11) is 0. The monoisotopic (exact) mass is 433 g/mol. The van der Waals surface area contributed by atoms with Gasteiger partial charge in [-0.2, -0.15) is 0 Å². The van der Waals surface area contributed by atoms with Crippen molar-refractivity contribution in [2.24, 2.45) is 0 Å². The molecule has 1 saturated heterocycles. The maximum atomic E-state index is 12.7. The van der Waals surface area contributed by atoms with E-state index in [1.165, 1.54) is 12.1 Å². The molecule has 2 aliphatic rings. The van der Waals surface area contributed by atoms with Crippen molar-refractivity contribution in [3.63, 3.8) is 0 Å². The van der Waals surface area contributed by atoms with Crippen LogP contribution in [-0.2, 0) is 22.5 Å². The first-order valence-corrected chi connectivity index (χ1v) is 9.99. The Morgan fingerprint density at radius 3 is 2.55 bits per heavy atom. The van der Waals surface area contributed by atoms with Crippen molar-refractivity contribution in [2.45, 2.75) is 37.9 Å². The normalized spacial score (nSPS) is 20.7. The first-order valence-electron chi connectivity index (χ1n) is 9.99. The number of alkyl halides is 3. The van der Waals surface area contributed by atoms with E-state index in [0.29, 0.717) is 31.6 Å². The van der Waals surface area contributed by atoms with Crippen LogP contribution in [0.1, 0.15) is 17.5 Å². The lowest BCUT2D eigenvalue weighted by Gasteiger charge is -2.43. The maximum Gasteiger partial charge on any atom is 0.573 e. The predicted molar refractivity (Wildman–Crippen MR) is 106 cm³/mol. The summed E-state index contributed by atoms with van der Waals surface area (Å²) < 4.78 is 53.4. The van der Waals surface area contributed by atoms with Crippen molar-refractivity contribution in [2.75, 3.05) is 13.2 Å². The Morgan fingerprint density at radius 2 is 1.81 bits per heavy atom. The lowest BCUT2D eigenvalue weighted by molar-refractivity contribution is -0.274. The van der Waals surface area contributed by atoms with Crippen LogP contribution in [0.4, 0.5) is 18.0 Å². The number of nitrogens with zero attached hydrogens (tertiary/aromatic N) is 1. The van der Waals surface area contributed by atoms with Crippen molar-refractivity contribution >= 4 is 6.09 Å². The lowest BCUT2D eigenvalue weighted by atomic mass is 9.90. The second-order valence-corrected chi connectivity index (χ2v) is 7.57. The summed E-state index contributed by atoms with van der Waals surface area (Å²) in [5, 5.41) is 0. The van der Waals surface area contributed by atoms with Gasteiger partial charge >= 0.3 is 12.5 Å². The molecule has 2 aromatic rings. The number of carbonyl (C=O) groups is 1. The Morgan fingerprint density at radius 1 is 1.06 bits per heavy atom. The van der Waals surface area contributed by atoms with E-state index in [4.69, 9.17) is 9.47 Å². The van der Waals surface area contributed by atoms with Gasteiger partial charge in [0.05, 0.1) is 25.3 Å². The zero-order chi connectivity index (χ0) is 21.8. The number of hydrogen-bond donors (Lipinski definition) is 0. The van der Waals surface area contributed by atoms with Crippen LogP contribution in [-0.4, -0.2) is 42.7 Å². The topological polar surface area (TPSA) is 48.0 Å². The number of ether oxygens (including phenoxy) is 3. The molecule has 31 heavy (non-hydrogen) atoms. The molecule has 0 N–H and O–H groups in total. The number of amides is 1. The number of benzene rings is 2. The molecule has 0 aliphatic carbocycles. The van der Waals surface area contributed by atoms with Crippen LogP contribution in [0.15, 0.2) is 66.2 Å². The van der Waals surface area contributed by atoms with Crippen LogP contribution in [0, 0.1) is 0 Å². The Balaban J connectivity index is 1.46. The average Bonchev–Trinajstić information content (AvgIpc) is 2.72. The fourth-order valence-electron chi connectivity index (χ4n) is 4.01. The van der Waals surface area contributed by atoms with E-state index in [2.05, 4.69) is 4.74 Å². The van der Waals surface area contributed by atoms with E-state index in [-0.39, 0.29) is 24.4 Å². The smallest absolute Gasteiger partial charge is 0.445 e. The van der Waals surface area contributed by atoms with Gasteiger partial charge < -0.3 is 14.2 Å². The van der Waals surface area contributed by atoms with Gasteiger partial charge in [0.15, 0.2) is 0 Å². The highest BCUT2D eigenvalue weighted by Gasteiger charge is 2.39. The molecule has 2 unspecified atom stereocenters. The summed E-state index contributed by atoms with van der Waals surface area (Å²) in [5.74, 6) is -0.206. The van der Waals surface area contributed by atoms with Crippen LogP contribution < -0.4 is 4.74 Å². The van der Waals surface area contributed by atoms with Gasteiger partial charge in [-0.3, -0.25) is 4.90 Å². The fourth-order valence-corrected chi connectivity index (χ4v) is 4.01. The van der Waals surface area contributed by atoms with Gasteiger partial charge in [-0.05, 0) is 30.0 Å². The van der Waals surface area contributed by atoms with Gasteiger partial charge in [0.25, 0.3) is 0 Å². The van der Waals surface area contributed by atoms with E-state index in [1.807, 2.05) is 36.4 Å².